The van der Waals surface area contributed by atoms with Crippen LogP contribution in [0, 0.1) is 0 Å². The lowest BCUT2D eigenvalue weighted by atomic mass is 10.1. The van der Waals surface area contributed by atoms with Gasteiger partial charge in [0.25, 0.3) is 15.9 Å². The zero-order valence-electron chi connectivity index (χ0n) is 18.9. The van der Waals surface area contributed by atoms with Crippen molar-refractivity contribution in [3.05, 3.63) is 48.0 Å². The van der Waals surface area contributed by atoms with Crippen molar-refractivity contribution in [2.75, 3.05) is 57.3 Å². The predicted octanol–water partition coefficient (Wildman–Crippen LogP) is 2.20. The Morgan fingerprint density at radius 1 is 0.971 bits per heavy atom. The quantitative estimate of drug-likeness (QED) is 0.667. The van der Waals surface area contributed by atoms with E-state index in [0.29, 0.717) is 55.2 Å². The van der Waals surface area contributed by atoms with E-state index in [9.17, 15) is 13.2 Å². The fraction of sp³-hybridized carbons (Fsp3) is 0.458. The van der Waals surface area contributed by atoms with E-state index in [4.69, 9.17) is 14.2 Å². The first-order valence-electron chi connectivity index (χ1n) is 11.6. The molecular formula is C24H29N3O6S. The molecule has 0 radical (unpaired) electrons. The molecule has 0 saturated carbocycles. The van der Waals surface area contributed by atoms with Gasteiger partial charge in [-0.3, -0.25) is 14.4 Å². The van der Waals surface area contributed by atoms with Crippen molar-refractivity contribution in [2.24, 2.45) is 0 Å². The van der Waals surface area contributed by atoms with Crippen LogP contribution in [0.15, 0.2) is 47.4 Å². The van der Waals surface area contributed by atoms with Gasteiger partial charge in [-0.05, 0) is 43.2 Å². The Bertz CT molecular complexity index is 1140. The molecule has 1 amide bonds. The molecule has 9 nitrogen and oxygen atoms in total. The molecule has 34 heavy (non-hydrogen) atoms. The van der Waals surface area contributed by atoms with Gasteiger partial charge in [0, 0.05) is 56.6 Å². The average Bonchev–Trinajstić information content (AvgIpc) is 3.37. The Balaban J connectivity index is 1.22. The molecule has 10 heteroatoms. The number of sulfonamides is 1. The molecule has 0 spiro atoms. The minimum atomic E-state index is -3.86. The number of carbonyl (C=O) groups excluding carboxylic acids is 1. The highest BCUT2D eigenvalue weighted by atomic mass is 32.2. The second-order valence-corrected chi connectivity index (χ2v) is 10.4. The summed E-state index contributed by atoms with van der Waals surface area (Å²) in [5.41, 5.74) is 0.785. The van der Waals surface area contributed by atoms with Crippen molar-refractivity contribution in [1.29, 1.82) is 0 Å². The Morgan fingerprint density at radius 2 is 1.76 bits per heavy atom. The van der Waals surface area contributed by atoms with Crippen LogP contribution in [-0.2, 0) is 14.8 Å². The molecule has 2 saturated heterocycles. The van der Waals surface area contributed by atoms with E-state index in [1.54, 1.807) is 30.3 Å². The summed E-state index contributed by atoms with van der Waals surface area (Å²) < 4.78 is 45.1. The maximum atomic E-state index is 13.1. The molecule has 182 valence electrons. The summed E-state index contributed by atoms with van der Waals surface area (Å²) in [6.45, 7) is 5.46. The van der Waals surface area contributed by atoms with Gasteiger partial charge in [0.2, 0.25) is 0 Å². The normalized spacial score (nSPS) is 20.8. The van der Waals surface area contributed by atoms with Gasteiger partial charge in [0.05, 0.1) is 11.0 Å². The van der Waals surface area contributed by atoms with Crippen molar-refractivity contribution in [2.45, 2.75) is 23.8 Å². The van der Waals surface area contributed by atoms with Crippen molar-refractivity contribution < 1.29 is 27.4 Å². The maximum absolute atomic E-state index is 13.1. The van der Waals surface area contributed by atoms with Gasteiger partial charge >= 0.3 is 0 Å². The SMILES string of the molecule is O=C(c1cccc(NS(=O)(=O)c2ccc3c(c2)OCCO3)c1)N1CCN(CC2CCCO2)CC1. The molecule has 0 aromatic heterocycles. The summed E-state index contributed by atoms with van der Waals surface area (Å²) in [7, 11) is -3.86. The van der Waals surface area contributed by atoms with E-state index in [1.165, 1.54) is 12.1 Å². The number of fused-ring (bicyclic) bond motifs is 1. The van der Waals surface area contributed by atoms with Crippen molar-refractivity contribution in [3.63, 3.8) is 0 Å². The molecule has 2 aromatic rings. The fourth-order valence-electron chi connectivity index (χ4n) is 4.51. The molecule has 1 atom stereocenters. The number of ether oxygens (including phenoxy) is 3. The largest absolute Gasteiger partial charge is 0.486 e. The lowest BCUT2D eigenvalue weighted by molar-refractivity contribution is 0.0432. The van der Waals surface area contributed by atoms with Crippen molar-refractivity contribution >= 4 is 21.6 Å². The Morgan fingerprint density at radius 3 is 2.53 bits per heavy atom. The van der Waals surface area contributed by atoms with Crippen molar-refractivity contribution in [1.82, 2.24) is 9.80 Å². The molecule has 2 fully saturated rings. The third-order valence-electron chi connectivity index (χ3n) is 6.33. The third-order valence-corrected chi connectivity index (χ3v) is 7.71. The summed E-state index contributed by atoms with van der Waals surface area (Å²) in [6, 6.07) is 11.1. The molecule has 3 heterocycles. The predicted molar refractivity (Wildman–Crippen MR) is 126 cm³/mol. The number of amides is 1. The van der Waals surface area contributed by atoms with Crippen LogP contribution >= 0.6 is 0 Å². The first kappa shape index (κ1) is 22.9. The third kappa shape index (κ3) is 5.13. The van der Waals surface area contributed by atoms with E-state index in [0.717, 1.165) is 39.1 Å². The van der Waals surface area contributed by atoms with Gasteiger partial charge in [-0.1, -0.05) is 6.07 Å². The second kappa shape index (κ2) is 9.81. The van der Waals surface area contributed by atoms with Crippen molar-refractivity contribution in [3.8, 4) is 11.5 Å². The molecule has 5 rings (SSSR count). The van der Waals surface area contributed by atoms with E-state index in [-0.39, 0.29) is 10.8 Å². The van der Waals surface area contributed by atoms with Crippen LogP contribution in [-0.4, -0.2) is 82.8 Å². The van der Waals surface area contributed by atoms with E-state index >= 15 is 0 Å². The van der Waals surface area contributed by atoms with Crippen LogP contribution in [0.5, 0.6) is 11.5 Å². The lowest BCUT2D eigenvalue weighted by Crippen LogP contribution is -2.50. The van der Waals surface area contributed by atoms with Gasteiger partial charge in [0.1, 0.15) is 13.2 Å². The number of anilines is 1. The number of benzene rings is 2. The number of nitrogens with one attached hydrogen (secondary N) is 1. The highest BCUT2D eigenvalue weighted by Gasteiger charge is 2.26. The number of rotatable bonds is 6. The molecule has 0 aliphatic carbocycles. The Kier molecular flexibility index (Phi) is 6.62. The molecule has 2 aromatic carbocycles. The van der Waals surface area contributed by atoms with Gasteiger partial charge in [-0.2, -0.15) is 0 Å². The van der Waals surface area contributed by atoms with Crippen LogP contribution in [0.25, 0.3) is 0 Å². The van der Waals surface area contributed by atoms with Gasteiger partial charge in [-0.15, -0.1) is 0 Å². The van der Waals surface area contributed by atoms with Crippen LogP contribution in [0.3, 0.4) is 0 Å². The fourth-order valence-corrected chi connectivity index (χ4v) is 5.58. The van der Waals surface area contributed by atoms with E-state index in [1.807, 2.05) is 4.90 Å². The first-order valence-corrected chi connectivity index (χ1v) is 13.1. The van der Waals surface area contributed by atoms with Gasteiger partial charge in [0.15, 0.2) is 11.5 Å². The van der Waals surface area contributed by atoms with E-state index < -0.39 is 10.0 Å². The summed E-state index contributed by atoms with van der Waals surface area (Å²) >= 11 is 0. The Hall–Kier alpha value is -2.82. The number of carbonyl (C=O) groups is 1. The summed E-state index contributed by atoms with van der Waals surface area (Å²) in [5.74, 6) is 0.822. The van der Waals surface area contributed by atoms with Crippen LogP contribution in [0.4, 0.5) is 5.69 Å². The molecule has 3 aliphatic heterocycles. The van der Waals surface area contributed by atoms with E-state index in [2.05, 4.69) is 9.62 Å². The summed E-state index contributed by atoms with van der Waals surface area (Å²) in [6.07, 6.45) is 2.53. The monoisotopic (exact) mass is 487 g/mol. The summed E-state index contributed by atoms with van der Waals surface area (Å²) in [4.78, 5) is 17.3. The Labute approximate surface area is 199 Å². The highest BCUT2D eigenvalue weighted by Crippen LogP contribution is 2.32. The van der Waals surface area contributed by atoms with Gasteiger partial charge in [-0.25, -0.2) is 8.42 Å². The molecule has 1 N–H and O–H groups in total. The number of hydrogen-bond donors (Lipinski definition) is 1. The minimum Gasteiger partial charge on any atom is -0.486 e. The first-order chi connectivity index (χ1) is 16.5. The zero-order chi connectivity index (χ0) is 23.5. The number of nitrogens with zero attached hydrogens (tertiary/aromatic N) is 2. The average molecular weight is 488 g/mol. The molecule has 0 bridgehead atoms. The smallest absolute Gasteiger partial charge is 0.262 e. The lowest BCUT2D eigenvalue weighted by Gasteiger charge is -2.35. The highest BCUT2D eigenvalue weighted by molar-refractivity contribution is 7.92. The summed E-state index contributed by atoms with van der Waals surface area (Å²) in [5, 5.41) is 0. The molecular weight excluding hydrogens is 458 g/mol. The zero-order valence-corrected chi connectivity index (χ0v) is 19.8. The number of piperazine rings is 1. The van der Waals surface area contributed by atoms with Crippen LogP contribution in [0.2, 0.25) is 0 Å². The standard InChI is InChI=1S/C24H29N3O6S/c28-24(27-10-8-26(9-11-27)17-20-5-2-12-31-20)18-3-1-4-19(15-18)25-34(29,30)21-6-7-22-23(16-21)33-14-13-32-22/h1,3-4,6-7,15-16,20,25H,2,5,8-14,17H2. The molecule has 1 unspecified atom stereocenters. The molecule has 3 aliphatic rings. The second-order valence-electron chi connectivity index (χ2n) is 8.72. The topological polar surface area (TPSA) is 97.4 Å². The maximum Gasteiger partial charge on any atom is 0.262 e. The number of hydrogen-bond acceptors (Lipinski definition) is 7. The van der Waals surface area contributed by atoms with Gasteiger partial charge < -0.3 is 19.1 Å². The minimum absolute atomic E-state index is 0.0656. The van der Waals surface area contributed by atoms with Crippen LogP contribution in [0.1, 0.15) is 23.2 Å². The van der Waals surface area contributed by atoms with Crippen LogP contribution < -0.4 is 14.2 Å².